The van der Waals surface area contributed by atoms with Gasteiger partial charge in [-0.1, -0.05) is 18.2 Å². The summed E-state index contributed by atoms with van der Waals surface area (Å²) in [6, 6.07) is 9.01. The molecule has 120 valence electrons. The molecule has 5 nitrogen and oxygen atoms in total. The molecule has 2 rings (SSSR count). The summed E-state index contributed by atoms with van der Waals surface area (Å²) < 4.78 is 0. The number of benzene rings is 1. The minimum Gasteiger partial charge on any atom is -0.333 e. The van der Waals surface area contributed by atoms with Gasteiger partial charge in [-0.05, 0) is 12.1 Å². The van der Waals surface area contributed by atoms with E-state index in [9.17, 15) is 9.59 Å². The van der Waals surface area contributed by atoms with Crippen molar-refractivity contribution in [3.05, 3.63) is 30.3 Å². The fourth-order valence-corrected chi connectivity index (χ4v) is 2.85. The molecule has 0 saturated carbocycles. The van der Waals surface area contributed by atoms with Crippen LogP contribution in [0.1, 0.15) is 6.42 Å². The Morgan fingerprint density at radius 3 is 2.45 bits per heavy atom. The predicted octanol–water partition coefficient (Wildman–Crippen LogP) is 2.28. The Balaban J connectivity index is 1.94. The molecule has 1 aromatic rings. The molecule has 0 bridgehead atoms. The van der Waals surface area contributed by atoms with Crippen molar-refractivity contribution in [1.29, 1.82) is 0 Å². The van der Waals surface area contributed by atoms with E-state index in [1.54, 1.807) is 9.80 Å². The first-order valence-corrected chi connectivity index (χ1v) is 8.25. The van der Waals surface area contributed by atoms with E-state index in [4.69, 9.17) is 23.2 Å². The van der Waals surface area contributed by atoms with Crippen molar-refractivity contribution in [2.24, 2.45) is 0 Å². The lowest BCUT2D eigenvalue weighted by atomic mass is 10.2. The highest BCUT2D eigenvalue weighted by Gasteiger charge is 2.32. The van der Waals surface area contributed by atoms with Crippen LogP contribution < -0.4 is 10.2 Å². The summed E-state index contributed by atoms with van der Waals surface area (Å²) in [5.41, 5.74) is 0.850. The molecule has 1 fully saturated rings. The average Bonchev–Trinajstić information content (AvgIpc) is 2.88. The lowest BCUT2D eigenvalue weighted by Gasteiger charge is -2.23. The second-order valence-corrected chi connectivity index (χ2v) is 5.81. The van der Waals surface area contributed by atoms with Gasteiger partial charge in [0.2, 0.25) is 5.91 Å². The third kappa shape index (κ3) is 4.27. The van der Waals surface area contributed by atoms with Gasteiger partial charge in [-0.3, -0.25) is 4.79 Å². The number of para-hydroxylation sites is 1. The predicted molar refractivity (Wildman–Crippen MR) is 88.7 cm³/mol. The molecule has 0 radical (unpaired) electrons. The van der Waals surface area contributed by atoms with Gasteiger partial charge < -0.3 is 15.1 Å². The monoisotopic (exact) mass is 343 g/mol. The molecule has 0 aliphatic carbocycles. The molecular weight excluding hydrogens is 325 g/mol. The third-order valence-electron chi connectivity index (χ3n) is 3.52. The second-order valence-electron chi connectivity index (χ2n) is 5.06. The van der Waals surface area contributed by atoms with E-state index in [1.807, 2.05) is 30.3 Å². The molecule has 1 aromatic carbocycles. The van der Waals surface area contributed by atoms with Gasteiger partial charge in [-0.2, -0.15) is 0 Å². The maximum Gasteiger partial charge on any atom is 0.317 e. The summed E-state index contributed by atoms with van der Waals surface area (Å²) in [6.07, 6.45) is 0.302. The number of halogens is 2. The Kier molecular flexibility index (Phi) is 6.34. The van der Waals surface area contributed by atoms with Crippen LogP contribution in [0.4, 0.5) is 10.5 Å². The highest BCUT2D eigenvalue weighted by atomic mass is 35.5. The number of alkyl halides is 2. The summed E-state index contributed by atoms with van der Waals surface area (Å²) in [6.45, 7) is 1.34. The van der Waals surface area contributed by atoms with Crippen LogP contribution in [0, 0.1) is 0 Å². The van der Waals surface area contributed by atoms with Gasteiger partial charge in [0.25, 0.3) is 0 Å². The molecule has 1 N–H and O–H groups in total. The number of hydrogen-bond acceptors (Lipinski definition) is 2. The van der Waals surface area contributed by atoms with Crippen LogP contribution in [0.25, 0.3) is 0 Å². The molecule has 7 heteroatoms. The van der Waals surface area contributed by atoms with Crippen molar-refractivity contribution in [3.8, 4) is 0 Å². The molecule has 0 aromatic heterocycles. The minimum absolute atomic E-state index is 0.0118. The van der Waals surface area contributed by atoms with Crippen molar-refractivity contribution in [2.45, 2.75) is 12.5 Å². The molecular formula is C15H19Cl2N3O2. The third-order valence-corrected chi connectivity index (χ3v) is 3.85. The molecule has 22 heavy (non-hydrogen) atoms. The number of nitrogens with zero attached hydrogens (tertiary/aromatic N) is 2. The van der Waals surface area contributed by atoms with E-state index in [2.05, 4.69) is 5.32 Å². The first-order chi connectivity index (χ1) is 10.7. The second kappa shape index (κ2) is 8.25. The fraction of sp³-hybridized carbons (Fsp3) is 0.467. The Labute approximate surface area is 140 Å². The van der Waals surface area contributed by atoms with E-state index >= 15 is 0 Å². The number of carbonyl (C=O) groups is 2. The van der Waals surface area contributed by atoms with Crippen LogP contribution in [0.2, 0.25) is 0 Å². The summed E-state index contributed by atoms with van der Waals surface area (Å²) >= 11 is 11.4. The van der Waals surface area contributed by atoms with Gasteiger partial charge in [-0.15, -0.1) is 23.2 Å². The average molecular weight is 344 g/mol. The van der Waals surface area contributed by atoms with Gasteiger partial charge in [-0.25, -0.2) is 4.79 Å². The molecule has 1 saturated heterocycles. The van der Waals surface area contributed by atoms with Crippen LogP contribution in [-0.4, -0.2) is 54.3 Å². The van der Waals surface area contributed by atoms with Crippen LogP contribution in [0.3, 0.4) is 0 Å². The van der Waals surface area contributed by atoms with Gasteiger partial charge >= 0.3 is 6.03 Å². The topological polar surface area (TPSA) is 52.7 Å². The lowest BCUT2D eigenvalue weighted by Crippen LogP contribution is -2.47. The zero-order chi connectivity index (χ0) is 15.9. The maximum absolute atomic E-state index is 12.2. The van der Waals surface area contributed by atoms with E-state index in [-0.39, 0.29) is 18.0 Å². The Hall–Kier alpha value is -1.46. The number of carbonyl (C=O) groups excluding carboxylic acids is 2. The highest BCUT2D eigenvalue weighted by Crippen LogP contribution is 2.21. The zero-order valence-electron chi connectivity index (χ0n) is 12.2. The van der Waals surface area contributed by atoms with E-state index in [1.165, 1.54) is 0 Å². The first kappa shape index (κ1) is 16.9. The van der Waals surface area contributed by atoms with Gasteiger partial charge in [0.1, 0.15) is 0 Å². The van der Waals surface area contributed by atoms with E-state index in [0.717, 1.165) is 5.69 Å². The summed E-state index contributed by atoms with van der Waals surface area (Å²) in [5.74, 6) is 0.714. The number of nitrogens with one attached hydrogen (secondary N) is 1. The molecule has 3 amide bonds. The molecule has 0 unspecified atom stereocenters. The number of hydrogen-bond donors (Lipinski definition) is 1. The van der Waals surface area contributed by atoms with Gasteiger partial charge in [0.15, 0.2) is 0 Å². The number of urea groups is 1. The van der Waals surface area contributed by atoms with Crippen LogP contribution in [0.15, 0.2) is 30.3 Å². The number of anilines is 1. The smallest absolute Gasteiger partial charge is 0.317 e. The van der Waals surface area contributed by atoms with Crippen LogP contribution in [0.5, 0.6) is 0 Å². The van der Waals surface area contributed by atoms with Crippen LogP contribution in [-0.2, 0) is 4.79 Å². The van der Waals surface area contributed by atoms with Crippen LogP contribution >= 0.6 is 23.2 Å². The largest absolute Gasteiger partial charge is 0.333 e. The first-order valence-electron chi connectivity index (χ1n) is 7.18. The summed E-state index contributed by atoms with van der Waals surface area (Å²) in [4.78, 5) is 27.6. The standard InChI is InChI=1S/C15H19Cl2N3O2/c16-6-8-19(9-7-17)15(22)18-12-10-14(21)20(11-12)13-4-2-1-3-5-13/h1-5,12H,6-11H2,(H,18,22)/t12-/m1/s1. The van der Waals surface area contributed by atoms with E-state index < -0.39 is 0 Å². The quantitative estimate of drug-likeness (QED) is 0.805. The Morgan fingerprint density at radius 2 is 1.86 bits per heavy atom. The maximum atomic E-state index is 12.2. The Morgan fingerprint density at radius 1 is 1.23 bits per heavy atom. The van der Waals surface area contributed by atoms with Crippen molar-refractivity contribution < 1.29 is 9.59 Å². The fourth-order valence-electron chi connectivity index (χ4n) is 2.45. The van der Waals surface area contributed by atoms with Crippen molar-refractivity contribution >= 4 is 40.8 Å². The molecule has 0 spiro atoms. The van der Waals surface area contributed by atoms with Crippen molar-refractivity contribution in [1.82, 2.24) is 10.2 Å². The Bertz CT molecular complexity index is 507. The molecule has 1 heterocycles. The minimum atomic E-state index is -0.228. The lowest BCUT2D eigenvalue weighted by molar-refractivity contribution is -0.117. The summed E-state index contributed by atoms with van der Waals surface area (Å²) in [7, 11) is 0. The normalized spacial score (nSPS) is 17.6. The van der Waals surface area contributed by atoms with Crippen molar-refractivity contribution in [2.75, 3.05) is 36.3 Å². The molecule has 1 atom stereocenters. The van der Waals surface area contributed by atoms with Crippen molar-refractivity contribution in [3.63, 3.8) is 0 Å². The summed E-state index contributed by atoms with van der Waals surface area (Å²) in [5, 5.41) is 2.89. The van der Waals surface area contributed by atoms with E-state index in [0.29, 0.717) is 37.8 Å². The van der Waals surface area contributed by atoms with Gasteiger partial charge in [0, 0.05) is 43.5 Å². The SMILES string of the molecule is O=C(N[C@@H]1CC(=O)N(c2ccccc2)C1)N(CCCl)CCCl. The molecule has 1 aliphatic heterocycles. The van der Waals surface area contributed by atoms with Gasteiger partial charge in [0.05, 0.1) is 6.04 Å². The number of amides is 3. The zero-order valence-corrected chi connectivity index (χ0v) is 13.7. The molecule has 1 aliphatic rings. The number of rotatable bonds is 6. The highest BCUT2D eigenvalue weighted by molar-refractivity contribution is 6.18.